The summed E-state index contributed by atoms with van der Waals surface area (Å²) < 4.78 is 5.12. The Kier molecular flexibility index (Phi) is 5.24. The van der Waals surface area contributed by atoms with Crippen molar-refractivity contribution >= 4 is 11.7 Å². The van der Waals surface area contributed by atoms with Crippen molar-refractivity contribution in [1.82, 2.24) is 5.32 Å². The molecule has 24 heavy (non-hydrogen) atoms. The minimum Gasteiger partial charge on any atom is -0.733 e. The summed E-state index contributed by atoms with van der Waals surface area (Å²) in [4.78, 5) is 12.4. The lowest BCUT2D eigenvalue weighted by molar-refractivity contribution is -0.138. The van der Waals surface area contributed by atoms with Crippen LogP contribution in [-0.2, 0) is 9.53 Å². The average Bonchev–Trinajstić information content (AvgIpc) is 2.54. The van der Waals surface area contributed by atoms with Crippen LogP contribution in [0.3, 0.4) is 0 Å². The van der Waals surface area contributed by atoms with Gasteiger partial charge in [-0.25, -0.2) is 4.79 Å². The lowest BCUT2D eigenvalue weighted by atomic mass is 9.81. The Morgan fingerprint density at radius 3 is 2.75 bits per heavy atom. The maximum atomic E-state index is 12.4. The van der Waals surface area contributed by atoms with Gasteiger partial charge in [-0.3, -0.25) is 5.21 Å². The minimum atomic E-state index is -0.671. The van der Waals surface area contributed by atoms with Crippen molar-refractivity contribution in [2.24, 2.45) is 0 Å². The van der Waals surface area contributed by atoms with E-state index in [1.165, 1.54) is 12.1 Å². The zero-order chi connectivity index (χ0) is 17.9. The van der Waals surface area contributed by atoms with E-state index in [4.69, 9.17) is 9.94 Å². The molecular formula is C17H18N3O4-. The van der Waals surface area contributed by atoms with Gasteiger partial charge in [0.1, 0.15) is 0 Å². The highest BCUT2D eigenvalue weighted by molar-refractivity contribution is 5.93. The lowest BCUT2D eigenvalue weighted by Crippen LogP contribution is -2.28. The number of rotatable bonds is 4. The largest absolute Gasteiger partial charge is 0.733 e. The number of nitrogens with one attached hydrogen (secondary N) is 1. The highest BCUT2D eigenvalue weighted by Crippen LogP contribution is 2.39. The second-order valence-corrected chi connectivity index (χ2v) is 5.34. The molecule has 0 aliphatic carbocycles. The van der Waals surface area contributed by atoms with Gasteiger partial charge in [0.05, 0.1) is 35.4 Å². The number of allylic oxidation sites excluding steroid dienone is 3. The predicted octanol–water partition coefficient (Wildman–Crippen LogP) is 2.70. The van der Waals surface area contributed by atoms with Gasteiger partial charge in [0.15, 0.2) is 0 Å². The molecule has 1 aromatic rings. The number of hydrogen-bond acceptors (Lipinski definition) is 7. The van der Waals surface area contributed by atoms with Crippen LogP contribution in [0.25, 0.3) is 0 Å². The average molecular weight is 328 g/mol. The molecule has 0 amide bonds. The Labute approximate surface area is 140 Å². The van der Waals surface area contributed by atoms with Crippen molar-refractivity contribution in [1.29, 1.82) is 5.26 Å². The first kappa shape index (κ1) is 17.5. The molecule has 0 saturated carbocycles. The van der Waals surface area contributed by atoms with Gasteiger partial charge >= 0.3 is 5.97 Å². The van der Waals surface area contributed by atoms with Crippen LogP contribution >= 0.6 is 0 Å². The first-order valence-corrected chi connectivity index (χ1v) is 7.42. The van der Waals surface area contributed by atoms with Crippen LogP contribution in [0, 0.1) is 16.5 Å². The summed E-state index contributed by atoms with van der Waals surface area (Å²) in [5.41, 5.74) is 2.44. The highest BCUT2D eigenvalue weighted by atomic mass is 16.8. The predicted molar refractivity (Wildman–Crippen MR) is 87.6 cm³/mol. The summed E-state index contributed by atoms with van der Waals surface area (Å²) in [6.07, 6.45) is 0. The summed E-state index contributed by atoms with van der Waals surface area (Å²) in [5.74, 6) is -1.20. The molecule has 0 unspecified atom stereocenters. The normalized spacial score (nSPS) is 17.2. The fourth-order valence-electron chi connectivity index (χ4n) is 2.78. The van der Waals surface area contributed by atoms with Gasteiger partial charge in [-0.05, 0) is 38.5 Å². The van der Waals surface area contributed by atoms with Crippen LogP contribution in [0.15, 0.2) is 46.8 Å². The van der Waals surface area contributed by atoms with E-state index >= 15 is 0 Å². The van der Waals surface area contributed by atoms with Crippen molar-refractivity contribution in [2.75, 3.05) is 11.8 Å². The molecule has 0 spiro atoms. The Hall–Kier alpha value is -2.82. The Morgan fingerprint density at radius 1 is 1.46 bits per heavy atom. The number of anilines is 1. The van der Waals surface area contributed by atoms with Crippen LogP contribution in [0.2, 0.25) is 0 Å². The molecule has 1 heterocycles. The van der Waals surface area contributed by atoms with Crippen molar-refractivity contribution in [3.05, 3.63) is 57.6 Å². The first-order valence-electron chi connectivity index (χ1n) is 7.42. The minimum absolute atomic E-state index is 0.0156. The number of benzene rings is 1. The zero-order valence-electron chi connectivity index (χ0n) is 13.7. The van der Waals surface area contributed by atoms with E-state index in [0.29, 0.717) is 28.1 Å². The molecule has 0 saturated heterocycles. The molecule has 1 aromatic carbocycles. The van der Waals surface area contributed by atoms with Crippen molar-refractivity contribution in [2.45, 2.75) is 26.7 Å². The molecule has 2 N–H and O–H groups in total. The van der Waals surface area contributed by atoms with E-state index in [2.05, 4.69) is 11.4 Å². The van der Waals surface area contributed by atoms with Crippen LogP contribution in [0.1, 0.15) is 32.3 Å². The summed E-state index contributed by atoms with van der Waals surface area (Å²) in [5, 5.41) is 32.6. The number of hydrogen-bond donors (Lipinski definition) is 2. The van der Waals surface area contributed by atoms with E-state index in [1.54, 1.807) is 32.9 Å². The summed E-state index contributed by atoms with van der Waals surface area (Å²) in [6, 6.07) is 8.27. The molecule has 126 valence electrons. The van der Waals surface area contributed by atoms with E-state index in [-0.39, 0.29) is 17.5 Å². The molecule has 0 aromatic heterocycles. The van der Waals surface area contributed by atoms with Gasteiger partial charge < -0.3 is 20.5 Å². The van der Waals surface area contributed by atoms with Gasteiger partial charge in [0.2, 0.25) is 0 Å². The molecule has 0 radical (unpaired) electrons. The first-order chi connectivity index (χ1) is 11.4. The summed E-state index contributed by atoms with van der Waals surface area (Å²) >= 11 is 0. The number of nitrogens with zero attached hydrogens (tertiary/aromatic N) is 2. The van der Waals surface area contributed by atoms with Crippen LogP contribution in [0.4, 0.5) is 5.69 Å². The Balaban J connectivity index is 2.62. The van der Waals surface area contributed by atoms with Crippen LogP contribution < -0.4 is 10.5 Å². The third kappa shape index (κ3) is 3.25. The Morgan fingerprint density at radius 2 is 2.17 bits per heavy atom. The third-order valence-corrected chi connectivity index (χ3v) is 3.80. The molecule has 0 bridgehead atoms. The van der Waals surface area contributed by atoms with Crippen LogP contribution in [0.5, 0.6) is 0 Å². The maximum absolute atomic E-state index is 12.4. The number of nitriles is 1. The van der Waals surface area contributed by atoms with E-state index in [1.807, 2.05) is 0 Å². The molecule has 1 atom stereocenters. The van der Waals surface area contributed by atoms with Gasteiger partial charge in [0.25, 0.3) is 0 Å². The zero-order valence-corrected chi connectivity index (χ0v) is 13.7. The molecule has 1 aliphatic rings. The number of esters is 1. The third-order valence-electron chi connectivity index (χ3n) is 3.80. The number of dihydropyridines is 1. The van der Waals surface area contributed by atoms with Gasteiger partial charge in [-0.2, -0.15) is 5.26 Å². The number of carbonyl (C=O) groups is 1. The monoisotopic (exact) mass is 328 g/mol. The quantitative estimate of drug-likeness (QED) is 0.646. The fraction of sp³-hybridized carbons (Fsp3) is 0.294. The highest BCUT2D eigenvalue weighted by Gasteiger charge is 2.34. The molecule has 1 aliphatic heterocycles. The molecule has 2 rings (SSSR count). The van der Waals surface area contributed by atoms with Gasteiger partial charge in [0, 0.05) is 11.4 Å². The summed E-state index contributed by atoms with van der Waals surface area (Å²) in [6.45, 7) is 5.38. The number of ether oxygens (including phenoxy) is 1. The van der Waals surface area contributed by atoms with Gasteiger partial charge in [-0.1, -0.05) is 12.1 Å². The second kappa shape index (κ2) is 7.17. The second-order valence-electron chi connectivity index (χ2n) is 5.34. The fourth-order valence-corrected chi connectivity index (χ4v) is 2.78. The summed E-state index contributed by atoms with van der Waals surface area (Å²) in [7, 11) is 0. The van der Waals surface area contributed by atoms with Crippen LogP contribution in [-0.4, -0.2) is 17.8 Å². The molecule has 7 nitrogen and oxygen atoms in total. The van der Waals surface area contributed by atoms with Crippen molar-refractivity contribution in [3.63, 3.8) is 0 Å². The maximum Gasteiger partial charge on any atom is 0.336 e. The van der Waals surface area contributed by atoms with E-state index < -0.39 is 11.9 Å². The van der Waals surface area contributed by atoms with E-state index in [9.17, 15) is 15.3 Å². The number of carbonyl (C=O) groups excluding carboxylic acids is 1. The molecule has 7 heteroatoms. The topological polar surface area (TPSA) is 109 Å². The van der Waals surface area contributed by atoms with Crippen molar-refractivity contribution in [3.8, 4) is 6.07 Å². The van der Waals surface area contributed by atoms with Gasteiger partial charge in [-0.15, -0.1) is 0 Å². The smallest absolute Gasteiger partial charge is 0.336 e. The SMILES string of the molecule is CCOC(=O)C1=C(C)NC(C)=C(C#N)[C@@H]1c1cccc(N([O-])O)c1. The molecule has 0 fully saturated rings. The van der Waals surface area contributed by atoms with Crippen molar-refractivity contribution < 1.29 is 14.7 Å². The Bertz CT molecular complexity index is 759. The molecular weight excluding hydrogens is 310 g/mol. The standard InChI is InChI=1S/C17H18N3O4/c1-4-24-17(21)15-11(3)19-10(2)14(9-18)16(15)12-6-5-7-13(8-12)20(22)23/h5-8,16,19,22H,4H2,1-3H3/q-1/t16-/m0/s1. The van der Waals surface area contributed by atoms with E-state index in [0.717, 1.165) is 0 Å². The lowest BCUT2D eigenvalue weighted by Gasteiger charge is -2.29.